The Hall–Kier alpha value is -2.09. The van der Waals surface area contributed by atoms with E-state index in [4.69, 9.17) is 4.74 Å². The van der Waals surface area contributed by atoms with Crippen molar-refractivity contribution in [3.05, 3.63) is 29.8 Å². The molecule has 138 valence electrons. The van der Waals surface area contributed by atoms with Gasteiger partial charge in [-0.25, -0.2) is 8.78 Å². The van der Waals surface area contributed by atoms with Crippen LogP contribution in [0.2, 0.25) is 0 Å². The van der Waals surface area contributed by atoms with E-state index in [0.29, 0.717) is 0 Å². The van der Waals surface area contributed by atoms with Gasteiger partial charge in [0.05, 0.1) is 6.54 Å². The quantitative estimate of drug-likeness (QED) is 0.833. The van der Waals surface area contributed by atoms with Gasteiger partial charge in [0.15, 0.2) is 11.6 Å². The van der Waals surface area contributed by atoms with Gasteiger partial charge in [-0.3, -0.25) is 4.79 Å². The minimum atomic E-state index is -0.748. The van der Waals surface area contributed by atoms with Crippen molar-refractivity contribution in [3.63, 3.8) is 0 Å². The molecule has 4 fully saturated rings. The van der Waals surface area contributed by atoms with Gasteiger partial charge in [0, 0.05) is 11.5 Å². The molecule has 4 saturated carbocycles. The lowest BCUT2D eigenvalue weighted by atomic mass is 9.49. The zero-order valence-corrected chi connectivity index (χ0v) is 14.7. The summed E-state index contributed by atoms with van der Waals surface area (Å²) in [6.07, 6.45) is 7.03. The van der Waals surface area contributed by atoms with Crippen LogP contribution in [0.1, 0.15) is 38.5 Å². The lowest BCUT2D eigenvalue weighted by molar-refractivity contribution is -0.145. The van der Waals surface area contributed by atoms with E-state index in [1.807, 2.05) is 0 Å². The summed E-state index contributed by atoms with van der Waals surface area (Å²) in [5, 5.41) is 2.97. The van der Waals surface area contributed by atoms with Gasteiger partial charge in [0.2, 0.25) is 5.91 Å². The number of halogens is 2. The largest absolute Gasteiger partial charge is 0.478 e. The third kappa shape index (κ3) is 3.42. The highest BCUT2D eigenvalue weighted by Gasteiger charge is 2.54. The number of rotatable bonds is 4. The van der Waals surface area contributed by atoms with Crippen molar-refractivity contribution in [1.82, 2.24) is 5.32 Å². The SMILES string of the molecule is O=C(NCC#CCOc1ccc(F)cc1F)C12CC3CC(CC(C3)C1)C2. The molecule has 0 unspecified atom stereocenters. The van der Waals surface area contributed by atoms with Crippen LogP contribution in [0.25, 0.3) is 0 Å². The number of benzene rings is 1. The van der Waals surface area contributed by atoms with Crippen molar-refractivity contribution in [1.29, 1.82) is 0 Å². The van der Waals surface area contributed by atoms with Crippen LogP contribution >= 0.6 is 0 Å². The molecule has 1 aromatic carbocycles. The van der Waals surface area contributed by atoms with Gasteiger partial charge >= 0.3 is 0 Å². The number of hydrogen-bond donors (Lipinski definition) is 1. The summed E-state index contributed by atoms with van der Waals surface area (Å²) in [6.45, 7) is 0.269. The highest BCUT2D eigenvalue weighted by Crippen LogP contribution is 2.60. The third-order valence-corrected chi connectivity index (χ3v) is 6.18. The Morgan fingerprint density at radius 3 is 2.38 bits per heavy atom. The van der Waals surface area contributed by atoms with Crippen molar-refractivity contribution < 1.29 is 18.3 Å². The van der Waals surface area contributed by atoms with Gasteiger partial charge < -0.3 is 10.1 Å². The van der Waals surface area contributed by atoms with Crippen LogP contribution in [-0.2, 0) is 4.79 Å². The second-order valence-corrected chi connectivity index (χ2v) is 8.10. The van der Waals surface area contributed by atoms with E-state index < -0.39 is 11.6 Å². The predicted octanol–water partition coefficient (Wildman–Crippen LogP) is 3.68. The van der Waals surface area contributed by atoms with Crippen molar-refractivity contribution in [2.24, 2.45) is 23.2 Å². The molecule has 26 heavy (non-hydrogen) atoms. The van der Waals surface area contributed by atoms with Gasteiger partial charge in [-0.2, -0.15) is 0 Å². The number of ether oxygens (including phenoxy) is 1. The molecular weight excluding hydrogens is 336 g/mol. The Balaban J connectivity index is 1.25. The average Bonchev–Trinajstić information content (AvgIpc) is 2.58. The minimum Gasteiger partial charge on any atom is -0.478 e. The Labute approximate surface area is 152 Å². The summed E-state index contributed by atoms with van der Waals surface area (Å²) in [5.41, 5.74) is -0.163. The maximum atomic E-state index is 13.4. The van der Waals surface area contributed by atoms with E-state index in [9.17, 15) is 13.6 Å². The highest BCUT2D eigenvalue weighted by atomic mass is 19.1. The summed E-state index contributed by atoms with van der Waals surface area (Å²) in [4.78, 5) is 12.7. The van der Waals surface area contributed by atoms with E-state index in [0.717, 1.165) is 49.1 Å². The second kappa shape index (κ2) is 6.90. The van der Waals surface area contributed by atoms with Crippen molar-refractivity contribution >= 4 is 5.91 Å². The number of amides is 1. The Morgan fingerprint density at radius 2 is 1.77 bits per heavy atom. The molecule has 1 amide bonds. The zero-order chi connectivity index (χ0) is 18.1. The Kier molecular flexibility index (Phi) is 4.60. The van der Waals surface area contributed by atoms with E-state index in [1.54, 1.807) is 0 Å². The van der Waals surface area contributed by atoms with Gasteiger partial charge in [0.1, 0.15) is 12.4 Å². The molecule has 0 aromatic heterocycles. The molecule has 4 aliphatic carbocycles. The first-order valence-electron chi connectivity index (χ1n) is 9.36. The zero-order valence-electron chi connectivity index (χ0n) is 14.7. The first kappa shape index (κ1) is 17.3. The molecule has 4 bridgehead atoms. The molecule has 0 aliphatic heterocycles. The van der Waals surface area contributed by atoms with Crippen LogP contribution < -0.4 is 10.1 Å². The van der Waals surface area contributed by atoms with Crippen LogP contribution in [0.3, 0.4) is 0 Å². The van der Waals surface area contributed by atoms with Crippen molar-refractivity contribution in [3.8, 4) is 17.6 Å². The van der Waals surface area contributed by atoms with Crippen LogP contribution in [0.4, 0.5) is 8.78 Å². The summed E-state index contributed by atoms with van der Waals surface area (Å²) in [6, 6.07) is 3.15. The maximum Gasteiger partial charge on any atom is 0.226 e. The van der Waals surface area contributed by atoms with Crippen LogP contribution in [0.5, 0.6) is 5.75 Å². The summed E-state index contributed by atoms with van der Waals surface area (Å²) in [7, 11) is 0. The molecule has 0 atom stereocenters. The fourth-order valence-corrected chi connectivity index (χ4v) is 5.52. The molecule has 1 N–H and O–H groups in total. The van der Waals surface area contributed by atoms with Crippen molar-refractivity contribution in [2.75, 3.05) is 13.2 Å². The first-order valence-corrected chi connectivity index (χ1v) is 9.36. The topological polar surface area (TPSA) is 38.3 Å². The molecule has 5 heteroatoms. The van der Waals surface area contributed by atoms with E-state index in [1.165, 1.54) is 25.3 Å². The van der Waals surface area contributed by atoms with Crippen LogP contribution in [0, 0.1) is 46.6 Å². The molecule has 0 spiro atoms. The Bertz CT molecular complexity index is 730. The fourth-order valence-electron chi connectivity index (χ4n) is 5.52. The molecule has 0 saturated heterocycles. The number of carbonyl (C=O) groups excluding carboxylic acids is 1. The predicted molar refractivity (Wildman–Crippen MR) is 93.2 cm³/mol. The van der Waals surface area contributed by atoms with Gasteiger partial charge in [-0.05, 0) is 68.4 Å². The van der Waals surface area contributed by atoms with Crippen LogP contribution in [-0.4, -0.2) is 19.1 Å². The smallest absolute Gasteiger partial charge is 0.226 e. The van der Waals surface area contributed by atoms with Crippen LogP contribution in [0.15, 0.2) is 18.2 Å². The van der Waals surface area contributed by atoms with Gasteiger partial charge in [-0.1, -0.05) is 11.8 Å². The molecule has 1 aromatic rings. The monoisotopic (exact) mass is 359 g/mol. The normalized spacial score (nSPS) is 31.2. The van der Waals surface area contributed by atoms with Gasteiger partial charge in [-0.15, -0.1) is 0 Å². The molecule has 0 heterocycles. The maximum absolute atomic E-state index is 13.4. The van der Waals surface area contributed by atoms with Gasteiger partial charge in [0.25, 0.3) is 0 Å². The molecular formula is C21H23F2NO2. The molecule has 4 aliphatic rings. The molecule has 0 radical (unpaired) electrons. The first-order chi connectivity index (χ1) is 12.5. The minimum absolute atomic E-state index is 0.00418. The molecule has 5 rings (SSSR count). The summed E-state index contributed by atoms with van der Waals surface area (Å²) >= 11 is 0. The second-order valence-electron chi connectivity index (χ2n) is 8.10. The van der Waals surface area contributed by atoms with Crippen molar-refractivity contribution in [2.45, 2.75) is 38.5 Å². The lowest BCUT2D eigenvalue weighted by Crippen LogP contribution is -2.53. The summed E-state index contributed by atoms with van der Waals surface area (Å²) in [5.74, 6) is 6.53. The lowest BCUT2D eigenvalue weighted by Gasteiger charge is -2.55. The standard InChI is InChI=1S/C21H23F2NO2/c22-17-3-4-19(18(23)10-17)26-6-2-1-5-24-20(25)21-11-14-7-15(12-21)9-16(8-14)13-21/h3-4,10,14-16H,5-9,11-13H2,(H,24,25). The summed E-state index contributed by atoms with van der Waals surface area (Å²) < 4.78 is 31.4. The highest BCUT2D eigenvalue weighted by molar-refractivity contribution is 5.83. The van der Waals surface area contributed by atoms with E-state index >= 15 is 0 Å². The third-order valence-electron chi connectivity index (χ3n) is 6.18. The Morgan fingerprint density at radius 1 is 1.12 bits per heavy atom. The number of hydrogen-bond acceptors (Lipinski definition) is 2. The molecule has 3 nitrogen and oxygen atoms in total. The fraction of sp³-hybridized carbons (Fsp3) is 0.571. The number of nitrogens with one attached hydrogen (secondary N) is 1. The average molecular weight is 359 g/mol. The van der Waals surface area contributed by atoms with E-state index in [-0.39, 0.29) is 30.2 Å². The number of carbonyl (C=O) groups is 1. The van der Waals surface area contributed by atoms with E-state index in [2.05, 4.69) is 17.2 Å².